The smallest absolute Gasteiger partial charge is 0.257 e. The molecule has 0 bridgehead atoms. The van der Waals surface area contributed by atoms with Gasteiger partial charge in [0.25, 0.3) is 5.91 Å². The molecule has 6 rings (SSSR count). The number of para-hydroxylation sites is 1. The minimum Gasteiger partial charge on any atom is -0.379 e. The highest BCUT2D eigenvalue weighted by molar-refractivity contribution is 6.14. The number of methoxy groups -OCH3 is 1. The molecule has 0 spiro atoms. The van der Waals surface area contributed by atoms with Crippen molar-refractivity contribution >= 4 is 28.6 Å². The van der Waals surface area contributed by atoms with Crippen molar-refractivity contribution in [3.63, 3.8) is 0 Å². The Labute approximate surface area is 202 Å². The van der Waals surface area contributed by atoms with Gasteiger partial charge in [0.15, 0.2) is 17.0 Å². The lowest BCUT2D eigenvalue weighted by molar-refractivity contribution is -0.139. The van der Waals surface area contributed by atoms with Crippen molar-refractivity contribution in [1.82, 2.24) is 34.4 Å². The van der Waals surface area contributed by atoms with Gasteiger partial charge in [-0.3, -0.25) is 14.6 Å². The van der Waals surface area contributed by atoms with E-state index in [0.717, 1.165) is 16.8 Å². The standard InChI is InChI=1S/C25H26N8O2/c1-5-32-21(16-10-26-15(2)27-11-16)30-20-22(32)28-14-29-23(20)33-19-9-7-6-8-18(19)25(3,24(33)34)31-12-17(13-31)35-4/h6-11,14,17H,5,12-13H2,1-4H3. The van der Waals surface area contributed by atoms with Crippen molar-refractivity contribution in [3.05, 3.63) is 54.4 Å². The lowest BCUT2D eigenvalue weighted by Gasteiger charge is -2.47. The second kappa shape index (κ2) is 7.89. The van der Waals surface area contributed by atoms with E-state index in [1.807, 2.05) is 49.6 Å². The number of likely N-dealkylation sites (tertiary alicyclic amines) is 1. The molecule has 1 fully saturated rings. The van der Waals surface area contributed by atoms with Gasteiger partial charge in [0.1, 0.15) is 23.5 Å². The van der Waals surface area contributed by atoms with Gasteiger partial charge in [-0.15, -0.1) is 0 Å². The molecule has 5 heterocycles. The van der Waals surface area contributed by atoms with Gasteiger partial charge in [-0.1, -0.05) is 18.2 Å². The highest BCUT2D eigenvalue weighted by Gasteiger charge is 2.55. The number of nitrogens with zero attached hydrogens (tertiary/aromatic N) is 8. The predicted octanol–water partition coefficient (Wildman–Crippen LogP) is 2.84. The molecule has 0 N–H and O–H groups in total. The molecule has 1 saturated heterocycles. The van der Waals surface area contributed by atoms with Crippen LogP contribution in [0.15, 0.2) is 43.0 Å². The molecule has 1 aromatic carbocycles. The Morgan fingerprint density at radius 3 is 2.57 bits per heavy atom. The number of aryl methyl sites for hydroxylation is 2. The maximum Gasteiger partial charge on any atom is 0.257 e. The molecular weight excluding hydrogens is 444 g/mol. The number of imidazole rings is 1. The quantitative estimate of drug-likeness (QED) is 0.439. The summed E-state index contributed by atoms with van der Waals surface area (Å²) in [4.78, 5) is 40.7. The van der Waals surface area contributed by atoms with Crippen molar-refractivity contribution in [2.75, 3.05) is 25.1 Å². The molecule has 0 radical (unpaired) electrons. The van der Waals surface area contributed by atoms with E-state index in [2.05, 4.69) is 24.8 Å². The topological polar surface area (TPSA) is 102 Å². The first kappa shape index (κ1) is 21.8. The molecule has 10 heteroatoms. The van der Waals surface area contributed by atoms with Gasteiger partial charge in [0.05, 0.1) is 17.4 Å². The lowest BCUT2D eigenvalue weighted by Crippen LogP contribution is -2.63. The Morgan fingerprint density at radius 1 is 1.11 bits per heavy atom. The number of hydrogen-bond donors (Lipinski definition) is 0. The number of aromatic nitrogens is 6. The zero-order valence-corrected chi connectivity index (χ0v) is 20.1. The van der Waals surface area contributed by atoms with E-state index in [-0.39, 0.29) is 12.0 Å². The molecule has 2 aliphatic rings. The third-order valence-electron chi connectivity index (χ3n) is 7.18. The number of amides is 1. The van der Waals surface area contributed by atoms with E-state index in [4.69, 9.17) is 9.72 Å². The van der Waals surface area contributed by atoms with E-state index < -0.39 is 5.54 Å². The van der Waals surface area contributed by atoms with Crippen LogP contribution < -0.4 is 4.90 Å². The minimum absolute atomic E-state index is 0.0560. The average molecular weight is 471 g/mol. The molecule has 1 atom stereocenters. The van der Waals surface area contributed by atoms with Crippen LogP contribution in [0.4, 0.5) is 11.5 Å². The number of rotatable bonds is 5. The summed E-state index contributed by atoms with van der Waals surface area (Å²) in [6, 6.07) is 7.90. The van der Waals surface area contributed by atoms with Gasteiger partial charge in [0.2, 0.25) is 0 Å². The third kappa shape index (κ3) is 3.03. The molecule has 4 aromatic rings. The maximum atomic E-state index is 14.2. The number of hydrogen-bond acceptors (Lipinski definition) is 8. The first-order valence-corrected chi connectivity index (χ1v) is 11.7. The largest absolute Gasteiger partial charge is 0.379 e. The van der Waals surface area contributed by atoms with Crippen LogP contribution in [-0.2, 0) is 21.6 Å². The Morgan fingerprint density at radius 2 is 1.86 bits per heavy atom. The number of carbonyl (C=O) groups is 1. The highest BCUT2D eigenvalue weighted by Crippen LogP contribution is 2.49. The fraction of sp³-hybridized carbons (Fsp3) is 0.360. The van der Waals surface area contributed by atoms with Crippen LogP contribution >= 0.6 is 0 Å². The highest BCUT2D eigenvalue weighted by atomic mass is 16.5. The van der Waals surface area contributed by atoms with E-state index in [0.29, 0.717) is 48.3 Å². The molecule has 2 aliphatic heterocycles. The molecule has 0 saturated carbocycles. The van der Waals surface area contributed by atoms with Gasteiger partial charge in [-0.25, -0.2) is 24.9 Å². The molecule has 0 aliphatic carbocycles. The van der Waals surface area contributed by atoms with Gasteiger partial charge in [-0.05, 0) is 26.8 Å². The van der Waals surface area contributed by atoms with E-state index in [1.54, 1.807) is 24.4 Å². The summed E-state index contributed by atoms with van der Waals surface area (Å²) < 4.78 is 7.48. The summed E-state index contributed by atoms with van der Waals surface area (Å²) in [5.74, 6) is 1.80. The summed E-state index contributed by atoms with van der Waals surface area (Å²) >= 11 is 0. The van der Waals surface area contributed by atoms with E-state index in [1.165, 1.54) is 6.33 Å². The van der Waals surface area contributed by atoms with Crippen molar-refractivity contribution < 1.29 is 9.53 Å². The summed E-state index contributed by atoms with van der Waals surface area (Å²) in [5.41, 5.74) is 2.96. The number of ether oxygens (including phenoxy) is 1. The number of anilines is 2. The van der Waals surface area contributed by atoms with Crippen LogP contribution in [0.2, 0.25) is 0 Å². The SMILES string of the molecule is CCn1c(-c2cnc(C)nc2)nc2c(N3C(=O)C(C)(N4CC(OC)C4)c4ccccc43)ncnc21. The summed E-state index contributed by atoms with van der Waals surface area (Å²) in [6.07, 6.45) is 5.14. The van der Waals surface area contributed by atoms with Crippen molar-refractivity contribution in [2.24, 2.45) is 0 Å². The van der Waals surface area contributed by atoms with E-state index >= 15 is 0 Å². The van der Waals surface area contributed by atoms with Crippen molar-refractivity contribution in [1.29, 1.82) is 0 Å². The Balaban J connectivity index is 1.52. The first-order valence-electron chi connectivity index (χ1n) is 11.7. The van der Waals surface area contributed by atoms with Crippen molar-refractivity contribution in [2.45, 2.75) is 39.0 Å². The monoisotopic (exact) mass is 470 g/mol. The van der Waals surface area contributed by atoms with Gasteiger partial charge >= 0.3 is 0 Å². The summed E-state index contributed by atoms with van der Waals surface area (Å²) in [7, 11) is 1.71. The average Bonchev–Trinajstić information content (AvgIpc) is 3.33. The molecule has 3 aromatic heterocycles. The predicted molar refractivity (Wildman–Crippen MR) is 130 cm³/mol. The summed E-state index contributed by atoms with van der Waals surface area (Å²) in [5, 5.41) is 0. The molecule has 1 amide bonds. The van der Waals surface area contributed by atoms with Gasteiger partial charge in [-0.2, -0.15) is 0 Å². The van der Waals surface area contributed by atoms with Crippen LogP contribution in [0, 0.1) is 6.92 Å². The minimum atomic E-state index is -0.816. The molecule has 10 nitrogen and oxygen atoms in total. The normalized spacial score (nSPS) is 20.5. The molecular formula is C25H26N8O2. The number of benzene rings is 1. The van der Waals surface area contributed by atoms with Gasteiger partial charge in [0, 0.05) is 44.7 Å². The maximum absolute atomic E-state index is 14.2. The second-order valence-electron chi connectivity index (χ2n) is 9.06. The summed E-state index contributed by atoms with van der Waals surface area (Å²) in [6.45, 7) is 7.90. The second-order valence-corrected chi connectivity index (χ2v) is 9.06. The zero-order chi connectivity index (χ0) is 24.3. The molecule has 1 unspecified atom stereocenters. The van der Waals surface area contributed by atoms with Crippen molar-refractivity contribution in [3.8, 4) is 11.4 Å². The Kier molecular flexibility index (Phi) is 4.90. The lowest BCUT2D eigenvalue weighted by atomic mass is 9.88. The zero-order valence-electron chi connectivity index (χ0n) is 20.1. The first-order chi connectivity index (χ1) is 17.0. The van der Waals surface area contributed by atoms with Crippen LogP contribution in [0.5, 0.6) is 0 Å². The molecule has 35 heavy (non-hydrogen) atoms. The fourth-order valence-electron chi connectivity index (χ4n) is 5.11. The van der Waals surface area contributed by atoms with E-state index in [9.17, 15) is 4.79 Å². The van der Waals surface area contributed by atoms with Crippen LogP contribution in [-0.4, -0.2) is 66.6 Å². The van der Waals surface area contributed by atoms with Crippen LogP contribution in [0.1, 0.15) is 25.2 Å². The van der Waals surface area contributed by atoms with Crippen LogP contribution in [0.25, 0.3) is 22.6 Å². The third-order valence-corrected chi connectivity index (χ3v) is 7.18. The fourth-order valence-corrected chi connectivity index (χ4v) is 5.11. The van der Waals surface area contributed by atoms with Gasteiger partial charge < -0.3 is 9.30 Å². The Bertz CT molecular complexity index is 1440. The molecule has 178 valence electrons. The number of fused-ring (bicyclic) bond motifs is 2. The number of carbonyl (C=O) groups excluding carboxylic acids is 1. The van der Waals surface area contributed by atoms with Crippen LogP contribution in [0.3, 0.4) is 0 Å². The Hall–Kier alpha value is -3.76.